The molecule has 0 saturated carbocycles. The van der Waals surface area contributed by atoms with Gasteiger partial charge in [-0.3, -0.25) is 4.79 Å². The summed E-state index contributed by atoms with van der Waals surface area (Å²) in [6.45, 7) is 0.181. The molecule has 25 heavy (non-hydrogen) atoms. The zero-order chi connectivity index (χ0) is 18.0. The second-order valence-electron chi connectivity index (χ2n) is 5.96. The maximum absolute atomic E-state index is 13.6. The number of hydrogen-bond acceptors (Lipinski definition) is 4. The molecule has 0 spiro atoms. The van der Waals surface area contributed by atoms with Crippen LogP contribution in [0.3, 0.4) is 0 Å². The van der Waals surface area contributed by atoms with Crippen LogP contribution >= 0.6 is 0 Å². The van der Waals surface area contributed by atoms with Gasteiger partial charge in [0.05, 0.1) is 31.9 Å². The topological polar surface area (TPSA) is 59.0 Å². The standard InChI is InChI=1S/C19H20FNO4/c1-24-17-8-4-7-15(18(17)25-2)19(23)21-11-14(22)10-16(21)12-5-3-6-13(20)9-12/h3-9,14,16,22H,10-11H2,1-2H3/t14-,16-/m1/s1. The highest BCUT2D eigenvalue weighted by molar-refractivity contribution is 5.98. The second kappa shape index (κ2) is 7.11. The van der Waals surface area contributed by atoms with Crippen molar-refractivity contribution in [3.05, 3.63) is 59.4 Å². The number of β-amino-alcohol motifs (C(OH)–C–C–N with tert-alkyl or cyclic N) is 1. The van der Waals surface area contributed by atoms with Crippen LogP contribution in [0.15, 0.2) is 42.5 Å². The summed E-state index contributed by atoms with van der Waals surface area (Å²) in [7, 11) is 2.97. The van der Waals surface area contributed by atoms with Crippen molar-refractivity contribution in [1.29, 1.82) is 0 Å². The van der Waals surface area contributed by atoms with E-state index in [2.05, 4.69) is 0 Å². The van der Waals surface area contributed by atoms with E-state index in [9.17, 15) is 14.3 Å². The predicted molar refractivity (Wildman–Crippen MR) is 90.3 cm³/mol. The maximum atomic E-state index is 13.6. The van der Waals surface area contributed by atoms with Crippen molar-refractivity contribution in [2.24, 2.45) is 0 Å². The lowest BCUT2D eigenvalue weighted by atomic mass is 10.0. The van der Waals surface area contributed by atoms with Crippen molar-refractivity contribution in [3.63, 3.8) is 0 Å². The normalized spacial score (nSPS) is 19.8. The molecule has 1 aliphatic rings. The lowest BCUT2D eigenvalue weighted by Crippen LogP contribution is -2.32. The zero-order valence-electron chi connectivity index (χ0n) is 14.1. The van der Waals surface area contributed by atoms with Gasteiger partial charge in [-0.1, -0.05) is 18.2 Å². The van der Waals surface area contributed by atoms with Gasteiger partial charge in [-0.15, -0.1) is 0 Å². The van der Waals surface area contributed by atoms with Crippen molar-refractivity contribution in [2.45, 2.75) is 18.6 Å². The highest BCUT2D eigenvalue weighted by atomic mass is 19.1. The molecule has 1 N–H and O–H groups in total. The van der Waals surface area contributed by atoms with E-state index in [0.29, 0.717) is 29.0 Å². The van der Waals surface area contributed by atoms with Gasteiger partial charge in [0.15, 0.2) is 11.5 Å². The molecule has 3 rings (SSSR count). The van der Waals surface area contributed by atoms with Crippen LogP contribution in [0.2, 0.25) is 0 Å². The number of aliphatic hydroxyl groups is 1. The van der Waals surface area contributed by atoms with Crippen LogP contribution in [0.4, 0.5) is 4.39 Å². The average Bonchev–Trinajstić information content (AvgIpc) is 3.02. The van der Waals surface area contributed by atoms with Gasteiger partial charge < -0.3 is 19.5 Å². The quantitative estimate of drug-likeness (QED) is 0.926. The SMILES string of the molecule is COc1cccc(C(=O)N2C[C@H](O)C[C@@H]2c2cccc(F)c2)c1OC. The number of ether oxygens (including phenoxy) is 2. The van der Waals surface area contributed by atoms with Gasteiger partial charge in [0.2, 0.25) is 0 Å². The number of hydrogen-bond donors (Lipinski definition) is 1. The smallest absolute Gasteiger partial charge is 0.258 e. The predicted octanol–water partition coefficient (Wildman–Crippen LogP) is 2.79. The third kappa shape index (κ3) is 3.30. The first kappa shape index (κ1) is 17.2. The molecule has 1 aliphatic heterocycles. The Bertz CT molecular complexity index is 780. The molecular formula is C19H20FNO4. The van der Waals surface area contributed by atoms with Crippen LogP contribution < -0.4 is 9.47 Å². The Labute approximate surface area is 145 Å². The molecule has 0 aromatic heterocycles. The number of halogens is 1. The van der Waals surface area contributed by atoms with Crippen LogP contribution in [0.25, 0.3) is 0 Å². The lowest BCUT2D eigenvalue weighted by molar-refractivity contribution is 0.0711. The number of benzene rings is 2. The van der Waals surface area contributed by atoms with Crippen LogP contribution in [-0.2, 0) is 0 Å². The molecule has 1 heterocycles. The van der Waals surface area contributed by atoms with Gasteiger partial charge in [-0.2, -0.15) is 0 Å². The molecule has 1 saturated heterocycles. The number of methoxy groups -OCH3 is 2. The van der Waals surface area contributed by atoms with E-state index in [-0.39, 0.29) is 18.3 Å². The second-order valence-corrected chi connectivity index (χ2v) is 5.96. The molecule has 1 fully saturated rings. The average molecular weight is 345 g/mol. The van der Waals surface area contributed by atoms with E-state index >= 15 is 0 Å². The Morgan fingerprint density at radius 2 is 1.96 bits per heavy atom. The summed E-state index contributed by atoms with van der Waals surface area (Å²) in [5.74, 6) is 0.136. The highest BCUT2D eigenvalue weighted by Gasteiger charge is 2.37. The third-order valence-electron chi connectivity index (χ3n) is 4.41. The molecular weight excluding hydrogens is 325 g/mol. The molecule has 5 nitrogen and oxygen atoms in total. The monoisotopic (exact) mass is 345 g/mol. The first-order valence-electron chi connectivity index (χ1n) is 8.00. The van der Waals surface area contributed by atoms with E-state index < -0.39 is 12.1 Å². The summed E-state index contributed by atoms with van der Waals surface area (Å²) in [5.41, 5.74) is 1.00. The summed E-state index contributed by atoms with van der Waals surface area (Å²) in [4.78, 5) is 14.6. The molecule has 2 atom stereocenters. The van der Waals surface area contributed by atoms with E-state index in [1.807, 2.05) is 0 Å². The molecule has 132 valence electrons. The van der Waals surface area contributed by atoms with Crippen molar-refractivity contribution >= 4 is 5.91 Å². The molecule has 2 aromatic carbocycles. The summed E-state index contributed by atoms with van der Waals surface area (Å²) in [6, 6.07) is 10.8. The zero-order valence-corrected chi connectivity index (χ0v) is 14.1. The Hall–Kier alpha value is -2.60. The first-order valence-corrected chi connectivity index (χ1v) is 8.00. The van der Waals surface area contributed by atoms with Gasteiger partial charge in [0.1, 0.15) is 5.82 Å². The number of likely N-dealkylation sites (tertiary alicyclic amines) is 1. The van der Waals surface area contributed by atoms with Crippen LogP contribution in [-0.4, -0.2) is 42.8 Å². The Morgan fingerprint density at radius 3 is 2.64 bits per heavy atom. The fourth-order valence-corrected chi connectivity index (χ4v) is 3.28. The summed E-state index contributed by atoms with van der Waals surface area (Å²) < 4.78 is 24.2. The number of carbonyl (C=O) groups excluding carboxylic acids is 1. The Kier molecular flexibility index (Phi) is 4.90. The minimum Gasteiger partial charge on any atom is -0.493 e. The van der Waals surface area contributed by atoms with Crippen LogP contribution in [0, 0.1) is 5.82 Å². The van der Waals surface area contributed by atoms with E-state index in [1.54, 1.807) is 35.2 Å². The number of aliphatic hydroxyl groups excluding tert-OH is 1. The number of carbonyl (C=O) groups is 1. The fourth-order valence-electron chi connectivity index (χ4n) is 3.28. The molecule has 0 bridgehead atoms. The largest absolute Gasteiger partial charge is 0.493 e. The van der Waals surface area contributed by atoms with Gasteiger partial charge >= 0.3 is 0 Å². The molecule has 2 aromatic rings. The molecule has 0 radical (unpaired) electrons. The molecule has 1 amide bonds. The van der Waals surface area contributed by atoms with Crippen molar-refractivity contribution in [3.8, 4) is 11.5 Å². The number of para-hydroxylation sites is 1. The van der Waals surface area contributed by atoms with Crippen molar-refractivity contribution in [1.82, 2.24) is 4.90 Å². The summed E-state index contributed by atoms with van der Waals surface area (Å²) in [6.07, 6.45) is -0.296. The number of nitrogens with zero attached hydrogens (tertiary/aromatic N) is 1. The first-order chi connectivity index (χ1) is 12.0. The molecule has 0 aliphatic carbocycles. The number of amides is 1. The third-order valence-corrected chi connectivity index (χ3v) is 4.41. The van der Waals surface area contributed by atoms with Gasteiger partial charge in [0.25, 0.3) is 5.91 Å². The highest BCUT2D eigenvalue weighted by Crippen LogP contribution is 2.37. The van der Waals surface area contributed by atoms with E-state index in [1.165, 1.54) is 26.4 Å². The van der Waals surface area contributed by atoms with Crippen molar-refractivity contribution in [2.75, 3.05) is 20.8 Å². The van der Waals surface area contributed by atoms with Crippen molar-refractivity contribution < 1.29 is 23.8 Å². The minimum absolute atomic E-state index is 0.181. The summed E-state index contributed by atoms with van der Waals surface area (Å²) in [5, 5.41) is 10.1. The van der Waals surface area contributed by atoms with Crippen LogP contribution in [0.5, 0.6) is 11.5 Å². The van der Waals surface area contributed by atoms with Gasteiger partial charge in [-0.25, -0.2) is 4.39 Å². The van der Waals surface area contributed by atoms with Crippen LogP contribution in [0.1, 0.15) is 28.4 Å². The fraction of sp³-hybridized carbons (Fsp3) is 0.316. The van der Waals surface area contributed by atoms with Gasteiger partial charge in [0, 0.05) is 6.54 Å². The number of rotatable bonds is 4. The lowest BCUT2D eigenvalue weighted by Gasteiger charge is -2.26. The van der Waals surface area contributed by atoms with E-state index in [4.69, 9.17) is 9.47 Å². The maximum Gasteiger partial charge on any atom is 0.258 e. The summed E-state index contributed by atoms with van der Waals surface area (Å²) >= 11 is 0. The molecule has 6 heteroatoms. The Balaban J connectivity index is 1.98. The Morgan fingerprint density at radius 1 is 1.20 bits per heavy atom. The minimum atomic E-state index is -0.658. The van der Waals surface area contributed by atoms with Gasteiger partial charge in [-0.05, 0) is 36.2 Å². The van der Waals surface area contributed by atoms with E-state index in [0.717, 1.165) is 0 Å². The molecule has 0 unspecified atom stereocenters.